The number of nitrogens with one attached hydrogen (secondary N) is 1. The van der Waals surface area contributed by atoms with Crippen molar-refractivity contribution in [3.8, 4) is 11.6 Å². The Hall–Kier alpha value is -2.11. The van der Waals surface area contributed by atoms with E-state index in [1.54, 1.807) is 36.4 Å². The van der Waals surface area contributed by atoms with Crippen LogP contribution < -0.4 is 15.8 Å². The lowest BCUT2D eigenvalue weighted by Crippen LogP contribution is -2.36. The van der Waals surface area contributed by atoms with Gasteiger partial charge in [0.1, 0.15) is 5.75 Å². The molecule has 1 atom stereocenters. The molecule has 1 heterocycles. The highest BCUT2D eigenvalue weighted by Crippen LogP contribution is 2.22. The number of nitrogens with two attached hydrogens (primary N) is 1. The number of pyridine rings is 1. The van der Waals surface area contributed by atoms with Gasteiger partial charge in [0.25, 0.3) is 0 Å². The van der Waals surface area contributed by atoms with E-state index in [0.717, 1.165) is 0 Å². The van der Waals surface area contributed by atoms with Crippen LogP contribution in [0.15, 0.2) is 42.6 Å². The number of hydrogen-bond acceptors (Lipinski definition) is 4. The van der Waals surface area contributed by atoms with Crippen molar-refractivity contribution in [3.05, 3.63) is 47.6 Å². The summed E-state index contributed by atoms with van der Waals surface area (Å²) in [5, 5.41) is 3.34. The van der Waals surface area contributed by atoms with Crippen molar-refractivity contribution in [2.45, 2.75) is 26.3 Å². The summed E-state index contributed by atoms with van der Waals surface area (Å²) < 4.78 is 5.59. The average Bonchev–Trinajstić information content (AvgIpc) is 2.51. The lowest BCUT2D eigenvalue weighted by atomic mass is 10.0. The van der Waals surface area contributed by atoms with E-state index in [2.05, 4.69) is 10.3 Å². The zero-order chi connectivity index (χ0) is 16.8. The maximum Gasteiger partial charge on any atom is 0.241 e. The summed E-state index contributed by atoms with van der Waals surface area (Å²) in [5.41, 5.74) is 6.53. The Balaban J connectivity index is 1.94. The van der Waals surface area contributed by atoms with Gasteiger partial charge in [-0.15, -0.1) is 0 Å². The maximum atomic E-state index is 12.0. The van der Waals surface area contributed by atoms with E-state index in [-0.39, 0.29) is 5.91 Å². The smallest absolute Gasteiger partial charge is 0.241 e. The van der Waals surface area contributed by atoms with E-state index in [1.165, 1.54) is 6.20 Å². The lowest BCUT2D eigenvalue weighted by Gasteiger charge is -2.14. The van der Waals surface area contributed by atoms with Crippen molar-refractivity contribution in [2.75, 3.05) is 5.32 Å². The third-order valence-corrected chi connectivity index (χ3v) is 3.33. The highest BCUT2D eigenvalue weighted by molar-refractivity contribution is 6.30. The van der Waals surface area contributed by atoms with E-state index in [1.807, 2.05) is 13.8 Å². The van der Waals surface area contributed by atoms with Crippen molar-refractivity contribution < 1.29 is 9.53 Å². The second-order valence-electron chi connectivity index (χ2n) is 5.67. The van der Waals surface area contributed by atoms with Gasteiger partial charge in [-0.05, 0) is 42.7 Å². The number of amides is 1. The predicted octanol–water partition coefficient (Wildman–Crippen LogP) is 3.84. The van der Waals surface area contributed by atoms with Gasteiger partial charge < -0.3 is 15.8 Å². The van der Waals surface area contributed by atoms with Gasteiger partial charge in [-0.1, -0.05) is 25.4 Å². The van der Waals surface area contributed by atoms with Gasteiger partial charge in [-0.2, -0.15) is 0 Å². The molecule has 23 heavy (non-hydrogen) atoms. The molecule has 1 aromatic carbocycles. The Kier molecular flexibility index (Phi) is 5.96. The van der Waals surface area contributed by atoms with Crippen LogP contribution in [0.3, 0.4) is 0 Å². The van der Waals surface area contributed by atoms with Crippen molar-refractivity contribution in [2.24, 2.45) is 11.7 Å². The molecule has 122 valence electrons. The van der Waals surface area contributed by atoms with Crippen LogP contribution in [0, 0.1) is 5.92 Å². The Morgan fingerprint density at radius 3 is 2.52 bits per heavy atom. The van der Waals surface area contributed by atoms with Crippen molar-refractivity contribution in [1.82, 2.24) is 4.98 Å². The molecule has 0 fully saturated rings. The molecule has 6 heteroatoms. The summed E-state index contributed by atoms with van der Waals surface area (Å²) in [7, 11) is 0. The molecule has 3 N–H and O–H groups in total. The number of carbonyl (C=O) groups is 1. The zero-order valence-electron chi connectivity index (χ0n) is 13.1. The fraction of sp³-hybridized carbons (Fsp3) is 0.294. The summed E-state index contributed by atoms with van der Waals surface area (Å²) in [6, 6.07) is 9.89. The average molecular weight is 334 g/mol. The molecular formula is C17H20ClN3O2. The molecule has 0 aliphatic rings. The molecule has 0 saturated heterocycles. The van der Waals surface area contributed by atoms with Crippen molar-refractivity contribution in [3.63, 3.8) is 0 Å². The quantitative estimate of drug-likeness (QED) is 0.842. The van der Waals surface area contributed by atoms with E-state index in [9.17, 15) is 4.79 Å². The van der Waals surface area contributed by atoms with Gasteiger partial charge in [0, 0.05) is 18.0 Å². The Morgan fingerprint density at radius 1 is 1.26 bits per heavy atom. The number of halogens is 1. The van der Waals surface area contributed by atoms with E-state index >= 15 is 0 Å². The third-order valence-electron chi connectivity index (χ3n) is 3.11. The molecule has 0 unspecified atom stereocenters. The molecule has 1 amide bonds. The van der Waals surface area contributed by atoms with Crippen LogP contribution in [0.1, 0.15) is 20.3 Å². The number of nitrogens with zero attached hydrogens (tertiary/aromatic N) is 1. The second kappa shape index (κ2) is 7.94. The Bertz CT molecular complexity index is 642. The topological polar surface area (TPSA) is 77.2 Å². The molecule has 2 rings (SSSR count). The summed E-state index contributed by atoms with van der Waals surface area (Å²) in [4.78, 5) is 16.0. The van der Waals surface area contributed by atoms with E-state index in [0.29, 0.717) is 34.7 Å². The standard InChI is InChI=1S/C17H20ClN3O2/c1-11(2)9-15(19)17(22)21-13-4-6-14(7-5-13)23-16-8-3-12(18)10-20-16/h3-8,10-11,15H,9,19H2,1-2H3,(H,21,22)/t15-/m0/s1. The monoisotopic (exact) mass is 333 g/mol. The molecule has 2 aromatic rings. The van der Waals surface area contributed by atoms with Crippen molar-refractivity contribution >= 4 is 23.2 Å². The number of rotatable bonds is 6. The van der Waals surface area contributed by atoms with Crippen LogP contribution in [0.25, 0.3) is 0 Å². The maximum absolute atomic E-state index is 12.0. The summed E-state index contributed by atoms with van der Waals surface area (Å²) >= 11 is 5.77. The van der Waals surface area contributed by atoms with Crippen LogP contribution >= 0.6 is 11.6 Å². The van der Waals surface area contributed by atoms with Gasteiger partial charge in [-0.25, -0.2) is 4.98 Å². The predicted molar refractivity (Wildman–Crippen MR) is 91.8 cm³/mol. The summed E-state index contributed by atoms with van der Waals surface area (Å²) in [6.45, 7) is 4.06. The first-order valence-electron chi connectivity index (χ1n) is 7.40. The molecule has 0 saturated carbocycles. The SMILES string of the molecule is CC(C)C[C@H](N)C(=O)Nc1ccc(Oc2ccc(Cl)cn2)cc1. The van der Waals surface area contributed by atoms with Crippen molar-refractivity contribution in [1.29, 1.82) is 0 Å². The van der Waals surface area contributed by atoms with E-state index < -0.39 is 6.04 Å². The number of hydrogen-bond donors (Lipinski definition) is 2. The van der Waals surface area contributed by atoms with Gasteiger partial charge in [-0.3, -0.25) is 4.79 Å². The number of anilines is 1. The van der Waals surface area contributed by atoms with Gasteiger partial charge >= 0.3 is 0 Å². The molecule has 0 bridgehead atoms. The molecule has 1 aromatic heterocycles. The Morgan fingerprint density at radius 2 is 1.96 bits per heavy atom. The van der Waals surface area contributed by atoms with Crippen LogP contribution in [0.4, 0.5) is 5.69 Å². The minimum absolute atomic E-state index is 0.188. The normalized spacial score (nSPS) is 12.0. The lowest BCUT2D eigenvalue weighted by molar-refractivity contribution is -0.117. The highest BCUT2D eigenvalue weighted by atomic mass is 35.5. The van der Waals surface area contributed by atoms with Crippen LogP contribution in [0.5, 0.6) is 11.6 Å². The van der Waals surface area contributed by atoms with Crippen LogP contribution in [0.2, 0.25) is 5.02 Å². The molecule has 5 nitrogen and oxygen atoms in total. The number of aromatic nitrogens is 1. The first-order chi connectivity index (χ1) is 10.9. The molecular weight excluding hydrogens is 314 g/mol. The molecule has 0 aliphatic heterocycles. The summed E-state index contributed by atoms with van der Waals surface area (Å²) in [5.74, 6) is 1.25. The largest absolute Gasteiger partial charge is 0.439 e. The first kappa shape index (κ1) is 17.2. The minimum atomic E-state index is -0.510. The van der Waals surface area contributed by atoms with Crippen LogP contribution in [-0.4, -0.2) is 16.9 Å². The van der Waals surface area contributed by atoms with Crippen LogP contribution in [-0.2, 0) is 4.79 Å². The molecule has 0 radical (unpaired) electrons. The van der Waals surface area contributed by atoms with Gasteiger partial charge in [0.2, 0.25) is 11.8 Å². The van der Waals surface area contributed by atoms with E-state index in [4.69, 9.17) is 22.1 Å². The number of benzene rings is 1. The minimum Gasteiger partial charge on any atom is -0.439 e. The fourth-order valence-electron chi connectivity index (χ4n) is 2.00. The first-order valence-corrected chi connectivity index (χ1v) is 7.78. The number of carbonyl (C=O) groups excluding carboxylic acids is 1. The third kappa shape index (κ3) is 5.54. The molecule has 0 spiro atoms. The fourth-order valence-corrected chi connectivity index (χ4v) is 2.11. The van der Waals surface area contributed by atoms with Gasteiger partial charge in [0.05, 0.1) is 11.1 Å². The number of ether oxygens (including phenoxy) is 1. The summed E-state index contributed by atoms with van der Waals surface area (Å²) in [6.07, 6.45) is 2.16. The molecule has 0 aliphatic carbocycles. The van der Waals surface area contributed by atoms with Gasteiger partial charge in [0.15, 0.2) is 0 Å². The highest BCUT2D eigenvalue weighted by Gasteiger charge is 2.14. The zero-order valence-corrected chi connectivity index (χ0v) is 13.9. The Labute approximate surface area is 140 Å². The second-order valence-corrected chi connectivity index (χ2v) is 6.10.